The van der Waals surface area contributed by atoms with E-state index in [0.717, 1.165) is 25.1 Å². The molecule has 0 heterocycles. The van der Waals surface area contributed by atoms with Crippen molar-refractivity contribution < 1.29 is 9.18 Å². The van der Waals surface area contributed by atoms with E-state index in [-0.39, 0.29) is 11.6 Å². The lowest BCUT2D eigenvalue weighted by atomic mass is 10.1. The SMILES string of the molecule is CN(C)CCCN(C)CC(=O)Cc1ccc(F)cc1. The van der Waals surface area contributed by atoms with E-state index in [1.165, 1.54) is 12.1 Å². The number of ketones is 1. The molecule has 1 rings (SSSR count). The number of halogens is 1. The number of Topliss-reactive ketones (excluding diaryl/α,β-unsaturated/α-hetero) is 1. The molecule has 0 unspecified atom stereocenters. The highest BCUT2D eigenvalue weighted by Gasteiger charge is 2.08. The predicted molar refractivity (Wildman–Crippen MR) is 75.8 cm³/mol. The lowest BCUT2D eigenvalue weighted by Gasteiger charge is -2.17. The zero-order valence-corrected chi connectivity index (χ0v) is 12.0. The fourth-order valence-corrected chi connectivity index (χ4v) is 1.92. The molecule has 0 bridgehead atoms. The predicted octanol–water partition coefficient (Wildman–Crippen LogP) is 1.82. The fourth-order valence-electron chi connectivity index (χ4n) is 1.92. The van der Waals surface area contributed by atoms with Gasteiger partial charge in [-0.25, -0.2) is 4.39 Å². The second-order valence-corrected chi connectivity index (χ2v) is 5.24. The molecule has 0 saturated heterocycles. The van der Waals surface area contributed by atoms with E-state index in [1.807, 2.05) is 26.0 Å². The first-order valence-electron chi connectivity index (χ1n) is 6.57. The van der Waals surface area contributed by atoms with Crippen molar-refractivity contribution in [2.45, 2.75) is 12.8 Å². The third-order valence-corrected chi connectivity index (χ3v) is 2.91. The van der Waals surface area contributed by atoms with Crippen molar-refractivity contribution in [3.63, 3.8) is 0 Å². The Balaban J connectivity index is 2.28. The van der Waals surface area contributed by atoms with Crippen LogP contribution >= 0.6 is 0 Å². The molecular weight excluding hydrogens is 243 g/mol. The van der Waals surface area contributed by atoms with Crippen molar-refractivity contribution in [1.82, 2.24) is 9.80 Å². The van der Waals surface area contributed by atoms with E-state index in [1.54, 1.807) is 12.1 Å². The average molecular weight is 266 g/mol. The molecule has 0 amide bonds. The Morgan fingerprint density at radius 3 is 2.32 bits per heavy atom. The first-order valence-corrected chi connectivity index (χ1v) is 6.57. The Labute approximate surface area is 115 Å². The standard InChI is InChI=1S/C15H23FN2O/c1-17(2)9-4-10-18(3)12-15(19)11-13-5-7-14(16)8-6-13/h5-8H,4,9-12H2,1-3H3. The van der Waals surface area contributed by atoms with E-state index in [4.69, 9.17) is 0 Å². The zero-order valence-electron chi connectivity index (χ0n) is 12.0. The molecule has 19 heavy (non-hydrogen) atoms. The smallest absolute Gasteiger partial charge is 0.151 e. The maximum Gasteiger partial charge on any atom is 0.151 e. The van der Waals surface area contributed by atoms with Crippen LogP contribution in [0.25, 0.3) is 0 Å². The summed E-state index contributed by atoms with van der Waals surface area (Å²) >= 11 is 0. The summed E-state index contributed by atoms with van der Waals surface area (Å²) in [5.41, 5.74) is 0.869. The number of benzene rings is 1. The number of nitrogens with zero attached hydrogens (tertiary/aromatic N) is 2. The van der Waals surface area contributed by atoms with E-state index in [2.05, 4.69) is 4.90 Å². The largest absolute Gasteiger partial charge is 0.309 e. The van der Waals surface area contributed by atoms with Crippen molar-refractivity contribution in [2.24, 2.45) is 0 Å². The van der Waals surface area contributed by atoms with Gasteiger partial charge in [0.15, 0.2) is 5.78 Å². The average Bonchev–Trinajstić information content (AvgIpc) is 2.31. The van der Waals surface area contributed by atoms with Crippen LogP contribution in [0.15, 0.2) is 24.3 Å². The number of likely N-dealkylation sites (N-methyl/N-ethyl adjacent to an activating group) is 1. The molecule has 0 aliphatic heterocycles. The molecule has 1 aromatic rings. The second-order valence-electron chi connectivity index (χ2n) is 5.24. The molecule has 0 aliphatic rings. The van der Waals surface area contributed by atoms with Gasteiger partial charge in [0, 0.05) is 6.42 Å². The zero-order chi connectivity index (χ0) is 14.3. The van der Waals surface area contributed by atoms with Gasteiger partial charge in [0.2, 0.25) is 0 Å². The maximum atomic E-state index is 12.7. The summed E-state index contributed by atoms with van der Waals surface area (Å²) in [6, 6.07) is 6.12. The number of carbonyl (C=O) groups is 1. The third kappa shape index (κ3) is 7.03. The first-order chi connectivity index (χ1) is 8.97. The van der Waals surface area contributed by atoms with Crippen LogP contribution in [-0.4, -0.2) is 56.4 Å². The van der Waals surface area contributed by atoms with Crippen molar-refractivity contribution in [3.05, 3.63) is 35.6 Å². The summed E-state index contributed by atoms with van der Waals surface area (Å²) in [6.45, 7) is 2.38. The monoisotopic (exact) mass is 266 g/mol. The number of carbonyl (C=O) groups excluding carboxylic acids is 1. The van der Waals surface area contributed by atoms with E-state index in [0.29, 0.717) is 13.0 Å². The van der Waals surface area contributed by atoms with Crippen LogP contribution < -0.4 is 0 Å². The molecule has 0 N–H and O–H groups in total. The molecular formula is C15H23FN2O. The van der Waals surface area contributed by atoms with Crippen molar-refractivity contribution >= 4 is 5.78 Å². The van der Waals surface area contributed by atoms with Gasteiger partial charge in [-0.05, 0) is 58.3 Å². The highest BCUT2D eigenvalue weighted by molar-refractivity contribution is 5.82. The van der Waals surface area contributed by atoms with Crippen molar-refractivity contribution in [1.29, 1.82) is 0 Å². The minimum atomic E-state index is -0.267. The molecule has 0 aromatic heterocycles. The lowest BCUT2D eigenvalue weighted by molar-refractivity contribution is -0.119. The summed E-state index contributed by atoms with van der Waals surface area (Å²) in [6.07, 6.45) is 1.42. The maximum absolute atomic E-state index is 12.7. The molecule has 0 spiro atoms. The molecule has 1 aromatic carbocycles. The number of rotatable bonds is 8. The molecule has 106 valence electrons. The molecule has 0 fully saturated rings. The Hall–Kier alpha value is -1.26. The van der Waals surface area contributed by atoms with E-state index >= 15 is 0 Å². The Morgan fingerprint density at radius 1 is 1.11 bits per heavy atom. The topological polar surface area (TPSA) is 23.6 Å². The van der Waals surface area contributed by atoms with Gasteiger partial charge in [0.1, 0.15) is 5.82 Å². The summed E-state index contributed by atoms with van der Waals surface area (Å²) in [5.74, 6) is -0.101. The van der Waals surface area contributed by atoms with Gasteiger partial charge >= 0.3 is 0 Å². The molecule has 3 nitrogen and oxygen atoms in total. The van der Waals surface area contributed by atoms with Crippen molar-refractivity contribution in [3.8, 4) is 0 Å². The highest BCUT2D eigenvalue weighted by Crippen LogP contribution is 2.04. The second kappa shape index (κ2) is 8.02. The van der Waals surface area contributed by atoms with E-state index < -0.39 is 0 Å². The molecule has 0 radical (unpaired) electrons. The van der Waals surface area contributed by atoms with Crippen LogP contribution in [0.5, 0.6) is 0 Å². The van der Waals surface area contributed by atoms with Gasteiger partial charge in [0.25, 0.3) is 0 Å². The van der Waals surface area contributed by atoms with E-state index in [9.17, 15) is 9.18 Å². The number of hydrogen-bond acceptors (Lipinski definition) is 3. The molecule has 0 aliphatic carbocycles. The minimum absolute atomic E-state index is 0.166. The summed E-state index contributed by atoms with van der Waals surface area (Å²) < 4.78 is 12.7. The van der Waals surface area contributed by atoms with Crippen LogP contribution in [0.4, 0.5) is 4.39 Å². The van der Waals surface area contributed by atoms with Gasteiger partial charge in [-0.15, -0.1) is 0 Å². The first kappa shape index (κ1) is 15.8. The van der Waals surface area contributed by atoms with Crippen LogP contribution in [0, 0.1) is 5.82 Å². The highest BCUT2D eigenvalue weighted by atomic mass is 19.1. The van der Waals surface area contributed by atoms with Crippen LogP contribution in [0.1, 0.15) is 12.0 Å². The normalized spacial score (nSPS) is 11.3. The third-order valence-electron chi connectivity index (χ3n) is 2.91. The van der Waals surface area contributed by atoms with Gasteiger partial charge in [0.05, 0.1) is 6.54 Å². The van der Waals surface area contributed by atoms with Crippen molar-refractivity contribution in [2.75, 3.05) is 40.8 Å². The van der Waals surface area contributed by atoms with Crippen LogP contribution in [0.3, 0.4) is 0 Å². The lowest BCUT2D eigenvalue weighted by Crippen LogP contribution is -2.29. The van der Waals surface area contributed by atoms with Gasteiger partial charge in [-0.3, -0.25) is 9.69 Å². The van der Waals surface area contributed by atoms with Gasteiger partial charge in [-0.1, -0.05) is 12.1 Å². The minimum Gasteiger partial charge on any atom is -0.309 e. The molecule has 0 atom stereocenters. The summed E-state index contributed by atoms with van der Waals surface area (Å²) in [4.78, 5) is 16.0. The summed E-state index contributed by atoms with van der Waals surface area (Å²) in [7, 11) is 6.04. The molecule has 4 heteroatoms. The number of hydrogen-bond donors (Lipinski definition) is 0. The summed E-state index contributed by atoms with van der Waals surface area (Å²) in [5, 5.41) is 0. The molecule has 0 saturated carbocycles. The Morgan fingerprint density at radius 2 is 1.74 bits per heavy atom. The Bertz CT molecular complexity index is 390. The van der Waals surface area contributed by atoms with Gasteiger partial charge in [-0.2, -0.15) is 0 Å². The van der Waals surface area contributed by atoms with Gasteiger partial charge < -0.3 is 4.90 Å². The Kier molecular flexibility index (Phi) is 6.67. The quantitative estimate of drug-likeness (QED) is 0.717. The van der Waals surface area contributed by atoms with Crippen LogP contribution in [0.2, 0.25) is 0 Å². The fraction of sp³-hybridized carbons (Fsp3) is 0.533. The van der Waals surface area contributed by atoms with Crippen LogP contribution in [-0.2, 0) is 11.2 Å².